The third kappa shape index (κ3) is 2.51. The number of aryl methyl sites for hydroxylation is 2. The quantitative estimate of drug-likeness (QED) is 0.848. The second-order valence-electron chi connectivity index (χ2n) is 4.27. The van der Waals surface area contributed by atoms with E-state index in [0.717, 1.165) is 22.3 Å². The highest BCUT2D eigenvalue weighted by Crippen LogP contribution is 2.30. The van der Waals surface area contributed by atoms with E-state index < -0.39 is 6.10 Å². The summed E-state index contributed by atoms with van der Waals surface area (Å²) in [5.41, 5.74) is 3.90. The van der Waals surface area contributed by atoms with Gasteiger partial charge >= 0.3 is 0 Å². The molecule has 0 spiro atoms. The summed E-state index contributed by atoms with van der Waals surface area (Å²) in [5, 5.41) is 10.9. The van der Waals surface area contributed by atoms with E-state index in [2.05, 4.69) is 0 Å². The van der Waals surface area contributed by atoms with Gasteiger partial charge in [0, 0.05) is 10.6 Å². The Morgan fingerprint density at radius 1 is 1.00 bits per heavy atom. The van der Waals surface area contributed by atoms with Gasteiger partial charge in [0.2, 0.25) is 0 Å². The average molecular weight is 247 g/mol. The first-order chi connectivity index (χ1) is 8.09. The Morgan fingerprint density at radius 2 is 1.59 bits per heavy atom. The topological polar surface area (TPSA) is 20.2 Å². The number of hydrogen-bond acceptors (Lipinski definition) is 1. The van der Waals surface area contributed by atoms with Crippen LogP contribution >= 0.6 is 11.6 Å². The van der Waals surface area contributed by atoms with Gasteiger partial charge in [-0.3, -0.25) is 0 Å². The molecule has 1 unspecified atom stereocenters. The maximum Gasteiger partial charge on any atom is 0.105 e. The summed E-state index contributed by atoms with van der Waals surface area (Å²) in [5.74, 6) is 0. The predicted octanol–water partition coefficient (Wildman–Crippen LogP) is 4.04. The molecule has 0 saturated carbocycles. The largest absolute Gasteiger partial charge is 0.384 e. The molecule has 0 fully saturated rings. The van der Waals surface area contributed by atoms with Crippen LogP contribution in [0.15, 0.2) is 42.5 Å². The highest BCUT2D eigenvalue weighted by Gasteiger charge is 2.14. The minimum Gasteiger partial charge on any atom is -0.384 e. The van der Waals surface area contributed by atoms with Gasteiger partial charge in [-0.2, -0.15) is 0 Å². The average Bonchev–Trinajstić information content (AvgIpc) is 2.34. The van der Waals surface area contributed by atoms with Gasteiger partial charge in [0.05, 0.1) is 0 Å². The lowest BCUT2D eigenvalue weighted by molar-refractivity contribution is 0.220. The van der Waals surface area contributed by atoms with Crippen LogP contribution in [0.25, 0.3) is 0 Å². The standard InChI is InChI=1S/C15H15ClO/c1-10-8-13(14(16)9-11(10)2)15(17)12-6-4-3-5-7-12/h3-9,15,17H,1-2H3. The molecule has 0 saturated heterocycles. The van der Waals surface area contributed by atoms with Gasteiger partial charge in [-0.25, -0.2) is 0 Å². The molecule has 1 N–H and O–H groups in total. The van der Waals surface area contributed by atoms with E-state index in [1.807, 2.05) is 56.3 Å². The predicted molar refractivity (Wildman–Crippen MR) is 71.4 cm³/mol. The molecule has 0 radical (unpaired) electrons. The smallest absolute Gasteiger partial charge is 0.105 e. The lowest BCUT2D eigenvalue weighted by Gasteiger charge is -2.15. The summed E-state index contributed by atoms with van der Waals surface area (Å²) < 4.78 is 0. The zero-order valence-electron chi connectivity index (χ0n) is 9.94. The molecule has 0 aliphatic rings. The first-order valence-corrected chi connectivity index (χ1v) is 5.97. The zero-order valence-corrected chi connectivity index (χ0v) is 10.7. The summed E-state index contributed by atoms with van der Waals surface area (Å²) in [6.45, 7) is 4.03. The summed E-state index contributed by atoms with van der Waals surface area (Å²) in [6, 6.07) is 13.4. The van der Waals surface area contributed by atoms with E-state index in [4.69, 9.17) is 11.6 Å². The normalized spacial score (nSPS) is 12.5. The van der Waals surface area contributed by atoms with Crippen LogP contribution < -0.4 is 0 Å². The van der Waals surface area contributed by atoms with E-state index in [9.17, 15) is 5.11 Å². The third-order valence-electron chi connectivity index (χ3n) is 3.02. The molecule has 0 amide bonds. The first kappa shape index (κ1) is 12.2. The van der Waals surface area contributed by atoms with Gasteiger partial charge in [0.25, 0.3) is 0 Å². The molecule has 88 valence electrons. The van der Waals surface area contributed by atoms with Crippen LogP contribution in [0.5, 0.6) is 0 Å². The Kier molecular flexibility index (Phi) is 3.51. The van der Waals surface area contributed by atoms with E-state index in [0.29, 0.717) is 5.02 Å². The lowest BCUT2D eigenvalue weighted by Crippen LogP contribution is -2.01. The molecule has 0 aromatic heterocycles. The van der Waals surface area contributed by atoms with Gasteiger partial charge in [-0.05, 0) is 36.6 Å². The fourth-order valence-electron chi connectivity index (χ4n) is 1.83. The summed E-state index contributed by atoms with van der Waals surface area (Å²) in [6.07, 6.45) is -0.664. The van der Waals surface area contributed by atoms with Crippen LogP contribution in [0, 0.1) is 13.8 Å². The number of rotatable bonds is 2. The van der Waals surface area contributed by atoms with Crippen molar-refractivity contribution in [2.75, 3.05) is 0 Å². The van der Waals surface area contributed by atoms with E-state index in [-0.39, 0.29) is 0 Å². The first-order valence-electron chi connectivity index (χ1n) is 5.59. The molecule has 0 heterocycles. The monoisotopic (exact) mass is 246 g/mol. The van der Waals surface area contributed by atoms with Crippen LogP contribution in [-0.4, -0.2) is 5.11 Å². The van der Waals surface area contributed by atoms with Crippen molar-refractivity contribution < 1.29 is 5.11 Å². The van der Waals surface area contributed by atoms with Crippen LogP contribution in [-0.2, 0) is 0 Å². The number of aliphatic hydroxyl groups excluding tert-OH is 1. The molecule has 1 nitrogen and oxygen atoms in total. The van der Waals surface area contributed by atoms with Crippen molar-refractivity contribution in [2.45, 2.75) is 20.0 Å². The van der Waals surface area contributed by atoms with Crippen molar-refractivity contribution in [1.82, 2.24) is 0 Å². The number of hydrogen-bond donors (Lipinski definition) is 1. The van der Waals surface area contributed by atoms with Gasteiger partial charge in [-0.1, -0.05) is 48.0 Å². The Balaban J connectivity index is 2.44. The van der Waals surface area contributed by atoms with Crippen molar-refractivity contribution in [3.8, 4) is 0 Å². The van der Waals surface area contributed by atoms with Gasteiger partial charge in [0.1, 0.15) is 6.10 Å². The molecule has 2 aromatic rings. The fraction of sp³-hybridized carbons (Fsp3) is 0.200. The minimum atomic E-state index is -0.664. The maximum absolute atomic E-state index is 10.3. The number of halogens is 1. The highest BCUT2D eigenvalue weighted by molar-refractivity contribution is 6.31. The molecule has 17 heavy (non-hydrogen) atoms. The molecular weight excluding hydrogens is 232 g/mol. The van der Waals surface area contributed by atoms with Crippen molar-refractivity contribution in [3.63, 3.8) is 0 Å². The Labute approximate surface area is 107 Å². The highest BCUT2D eigenvalue weighted by atomic mass is 35.5. The van der Waals surface area contributed by atoms with Gasteiger partial charge in [-0.15, -0.1) is 0 Å². The second-order valence-corrected chi connectivity index (χ2v) is 4.68. The zero-order chi connectivity index (χ0) is 12.4. The Hall–Kier alpha value is -1.31. The molecule has 1 atom stereocenters. The molecule has 2 aromatic carbocycles. The van der Waals surface area contributed by atoms with Crippen molar-refractivity contribution in [2.24, 2.45) is 0 Å². The van der Waals surface area contributed by atoms with Crippen molar-refractivity contribution in [3.05, 3.63) is 69.7 Å². The minimum absolute atomic E-state index is 0.615. The Bertz CT molecular complexity index is 520. The summed E-state index contributed by atoms with van der Waals surface area (Å²) in [4.78, 5) is 0. The van der Waals surface area contributed by atoms with Crippen LogP contribution in [0.4, 0.5) is 0 Å². The molecule has 0 aliphatic carbocycles. The number of benzene rings is 2. The van der Waals surface area contributed by atoms with Crippen molar-refractivity contribution >= 4 is 11.6 Å². The summed E-state index contributed by atoms with van der Waals surface area (Å²) >= 11 is 6.19. The van der Waals surface area contributed by atoms with Crippen LogP contribution in [0.2, 0.25) is 5.02 Å². The van der Waals surface area contributed by atoms with Crippen molar-refractivity contribution in [1.29, 1.82) is 0 Å². The summed E-state index contributed by atoms with van der Waals surface area (Å²) in [7, 11) is 0. The molecule has 2 rings (SSSR count). The van der Waals surface area contributed by atoms with Gasteiger partial charge < -0.3 is 5.11 Å². The van der Waals surface area contributed by atoms with E-state index in [1.165, 1.54) is 0 Å². The Morgan fingerprint density at radius 3 is 2.24 bits per heavy atom. The lowest BCUT2D eigenvalue weighted by atomic mass is 9.98. The maximum atomic E-state index is 10.3. The van der Waals surface area contributed by atoms with Crippen LogP contribution in [0.3, 0.4) is 0 Å². The second kappa shape index (κ2) is 4.91. The fourth-order valence-corrected chi connectivity index (χ4v) is 2.15. The SMILES string of the molecule is Cc1cc(Cl)c(C(O)c2ccccc2)cc1C. The molecular formula is C15H15ClO. The molecule has 0 bridgehead atoms. The van der Waals surface area contributed by atoms with Crippen LogP contribution in [0.1, 0.15) is 28.4 Å². The van der Waals surface area contributed by atoms with E-state index >= 15 is 0 Å². The molecule has 2 heteroatoms. The third-order valence-corrected chi connectivity index (χ3v) is 3.35. The molecule has 0 aliphatic heterocycles. The van der Waals surface area contributed by atoms with E-state index in [1.54, 1.807) is 0 Å². The number of aliphatic hydroxyl groups is 1. The van der Waals surface area contributed by atoms with Gasteiger partial charge in [0.15, 0.2) is 0 Å².